The van der Waals surface area contributed by atoms with Gasteiger partial charge in [0.25, 0.3) is 5.91 Å². The van der Waals surface area contributed by atoms with Crippen molar-refractivity contribution in [2.24, 2.45) is 0 Å². The molecule has 24 heavy (non-hydrogen) atoms. The molecule has 0 fully saturated rings. The molecule has 0 aliphatic heterocycles. The van der Waals surface area contributed by atoms with Crippen LogP contribution in [0.4, 0.5) is 0 Å². The molecule has 1 unspecified atom stereocenters. The summed E-state index contributed by atoms with van der Waals surface area (Å²) in [5, 5.41) is 11.2. The molecule has 8 heteroatoms. The highest BCUT2D eigenvalue weighted by Gasteiger charge is 2.14. The first-order valence-corrected chi connectivity index (χ1v) is 8.52. The van der Waals surface area contributed by atoms with E-state index in [0.717, 1.165) is 28.1 Å². The van der Waals surface area contributed by atoms with Crippen molar-refractivity contribution in [2.75, 3.05) is 20.1 Å². The number of carbonyl (C=O) groups excluding carboxylic acids is 1. The Morgan fingerprint density at radius 1 is 1.29 bits per heavy atom. The predicted octanol–water partition coefficient (Wildman–Crippen LogP) is 0.414. The third-order valence-corrected chi connectivity index (χ3v) is 4.13. The summed E-state index contributed by atoms with van der Waals surface area (Å²) in [5.41, 5.74) is 3.16. The summed E-state index contributed by atoms with van der Waals surface area (Å²) in [5.74, 6) is 0.0306. The van der Waals surface area contributed by atoms with Gasteiger partial charge in [-0.1, -0.05) is 25.1 Å². The topological polar surface area (TPSA) is 69.2 Å². The Hall–Kier alpha value is -2.06. The molecule has 2 aromatic rings. The van der Waals surface area contributed by atoms with Gasteiger partial charge in [-0.15, -0.1) is 0 Å². The number of nitrogens with zero attached hydrogens (tertiary/aromatic N) is 4. The third kappa shape index (κ3) is 4.27. The molecule has 0 spiro atoms. The van der Waals surface area contributed by atoms with Crippen molar-refractivity contribution in [3.05, 3.63) is 34.1 Å². The molecule has 0 bridgehead atoms. The second kappa shape index (κ2) is 8.16. The predicted molar refractivity (Wildman–Crippen MR) is 94.7 cm³/mol. The molecule has 0 radical (unpaired) electrons. The summed E-state index contributed by atoms with van der Waals surface area (Å²) in [6, 6.07) is 6.06. The van der Waals surface area contributed by atoms with Gasteiger partial charge in [-0.2, -0.15) is 9.36 Å². The number of quaternary nitrogens is 1. The van der Waals surface area contributed by atoms with Crippen LogP contribution in [0.2, 0.25) is 0 Å². The minimum absolute atomic E-state index is 0.0306. The Kier molecular flexibility index (Phi) is 6.22. The maximum atomic E-state index is 11.8. The molecule has 0 saturated carbocycles. The first kappa shape index (κ1) is 18.3. The molecule has 1 atom stereocenters. The Morgan fingerprint density at radius 3 is 2.58 bits per heavy atom. The highest BCUT2D eigenvalue weighted by atomic mass is 32.1. The zero-order valence-electron chi connectivity index (χ0n) is 14.7. The highest BCUT2D eigenvalue weighted by Crippen LogP contribution is 2.17. The van der Waals surface area contributed by atoms with Crippen LogP contribution in [0.25, 0.3) is 5.69 Å². The van der Waals surface area contributed by atoms with Crippen LogP contribution in [0.1, 0.15) is 24.5 Å². The van der Waals surface area contributed by atoms with Gasteiger partial charge in [-0.25, -0.2) is 0 Å². The van der Waals surface area contributed by atoms with E-state index in [4.69, 9.17) is 12.2 Å². The molecule has 1 heterocycles. The molecule has 0 aliphatic carbocycles. The minimum atomic E-state index is 0.0306. The molecular formula is C16H25N6OS+. The zero-order valence-corrected chi connectivity index (χ0v) is 15.5. The average molecular weight is 349 g/mol. The van der Waals surface area contributed by atoms with E-state index in [1.165, 1.54) is 0 Å². The van der Waals surface area contributed by atoms with Crippen LogP contribution in [0.5, 0.6) is 0 Å². The SMILES string of the molecule is CCCNC(=O)C[NH+](C)Cn1nnn(-c2c(C)cccc2C)c1=S. The number of para-hydroxylation sites is 1. The number of nitrogens with one attached hydrogen (secondary N) is 2. The molecule has 0 aliphatic rings. The van der Waals surface area contributed by atoms with E-state index >= 15 is 0 Å². The summed E-state index contributed by atoms with van der Waals surface area (Å²) in [4.78, 5) is 12.8. The lowest BCUT2D eigenvalue weighted by molar-refractivity contribution is -0.895. The fraction of sp³-hybridized carbons (Fsp3) is 0.500. The van der Waals surface area contributed by atoms with Crippen LogP contribution in [-0.2, 0) is 11.5 Å². The largest absolute Gasteiger partial charge is 0.351 e. The number of hydrogen-bond acceptors (Lipinski definition) is 4. The average Bonchev–Trinajstić information content (AvgIpc) is 2.86. The van der Waals surface area contributed by atoms with Gasteiger partial charge in [0.1, 0.15) is 0 Å². The zero-order chi connectivity index (χ0) is 17.7. The van der Waals surface area contributed by atoms with Crippen molar-refractivity contribution >= 4 is 18.1 Å². The van der Waals surface area contributed by atoms with Crippen LogP contribution in [0.15, 0.2) is 18.2 Å². The van der Waals surface area contributed by atoms with Gasteiger partial charge in [-0.3, -0.25) is 4.79 Å². The van der Waals surface area contributed by atoms with Gasteiger partial charge in [0, 0.05) is 6.54 Å². The fourth-order valence-corrected chi connectivity index (χ4v) is 2.79. The summed E-state index contributed by atoms with van der Waals surface area (Å²) < 4.78 is 3.87. The Balaban J connectivity index is 2.13. The minimum Gasteiger partial charge on any atom is -0.351 e. The van der Waals surface area contributed by atoms with E-state index in [2.05, 4.69) is 15.7 Å². The fourth-order valence-electron chi connectivity index (χ4n) is 2.57. The first-order valence-electron chi connectivity index (χ1n) is 8.11. The van der Waals surface area contributed by atoms with Crippen molar-refractivity contribution in [1.29, 1.82) is 0 Å². The summed E-state index contributed by atoms with van der Waals surface area (Å²) >= 11 is 5.52. The maximum Gasteiger partial charge on any atom is 0.275 e. The number of amides is 1. The summed E-state index contributed by atoms with van der Waals surface area (Å²) in [7, 11) is 1.94. The van der Waals surface area contributed by atoms with Gasteiger partial charge in [0.2, 0.25) is 4.77 Å². The Morgan fingerprint density at radius 2 is 1.96 bits per heavy atom. The van der Waals surface area contributed by atoms with E-state index in [1.54, 1.807) is 9.36 Å². The number of likely N-dealkylation sites (N-methyl/N-ethyl adjacent to an activating group) is 1. The Labute approximate surface area is 147 Å². The second-order valence-electron chi connectivity index (χ2n) is 6.06. The van der Waals surface area contributed by atoms with Crippen LogP contribution >= 0.6 is 12.2 Å². The number of carbonyl (C=O) groups is 1. The first-order chi connectivity index (χ1) is 11.4. The van der Waals surface area contributed by atoms with E-state index < -0.39 is 0 Å². The molecule has 2 N–H and O–H groups in total. The van der Waals surface area contributed by atoms with E-state index in [1.807, 2.05) is 46.0 Å². The molecule has 7 nitrogen and oxygen atoms in total. The van der Waals surface area contributed by atoms with E-state index in [9.17, 15) is 4.79 Å². The Bertz CT molecular complexity index is 746. The lowest BCUT2D eigenvalue weighted by atomic mass is 10.1. The lowest BCUT2D eigenvalue weighted by Crippen LogP contribution is -3.09. The molecular weight excluding hydrogens is 324 g/mol. The quantitative estimate of drug-likeness (QED) is 0.711. The van der Waals surface area contributed by atoms with Crippen molar-refractivity contribution in [1.82, 2.24) is 25.1 Å². The molecule has 0 saturated heterocycles. The molecule has 130 valence electrons. The van der Waals surface area contributed by atoms with E-state index in [0.29, 0.717) is 24.5 Å². The van der Waals surface area contributed by atoms with Crippen molar-refractivity contribution in [3.8, 4) is 5.69 Å². The van der Waals surface area contributed by atoms with Crippen molar-refractivity contribution in [3.63, 3.8) is 0 Å². The number of tetrazole rings is 1. The van der Waals surface area contributed by atoms with Crippen molar-refractivity contribution < 1.29 is 9.69 Å². The summed E-state index contributed by atoms with van der Waals surface area (Å²) in [6.07, 6.45) is 0.931. The number of aryl methyl sites for hydroxylation is 2. The monoisotopic (exact) mass is 349 g/mol. The van der Waals surface area contributed by atoms with Gasteiger partial charge < -0.3 is 10.2 Å². The normalized spacial score (nSPS) is 12.2. The van der Waals surface area contributed by atoms with Gasteiger partial charge in [0.05, 0.1) is 12.7 Å². The molecule has 1 amide bonds. The van der Waals surface area contributed by atoms with Crippen LogP contribution in [0, 0.1) is 18.6 Å². The van der Waals surface area contributed by atoms with Gasteiger partial charge in [-0.05, 0) is 54.0 Å². The summed E-state index contributed by atoms with van der Waals surface area (Å²) in [6.45, 7) is 7.65. The highest BCUT2D eigenvalue weighted by molar-refractivity contribution is 7.71. The third-order valence-electron chi connectivity index (χ3n) is 3.74. The number of benzene rings is 1. The lowest BCUT2D eigenvalue weighted by Gasteiger charge is -2.13. The maximum absolute atomic E-state index is 11.8. The number of aromatic nitrogens is 4. The van der Waals surface area contributed by atoms with Crippen LogP contribution in [0.3, 0.4) is 0 Å². The van der Waals surface area contributed by atoms with Gasteiger partial charge in [0.15, 0.2) is 13.2 Å². The number of rotatable bonds is 7. The molecule has 2 rings (SSSR count). The molecule has 1 aromatic carbocycles. The second-order valence-corrected chi connectivity index (χ2v) is 6.42. The van der Waals surface area contributed by atoms with Crippen molar-refractivity contribution in [2.45, 2.75) is 33.9 Å². The molecule has 1 aromatic heterocycles. The van der Waals surface area contributed by atoms with Crippen LogP contribution < -0.4 is 10.2 Å². The number of hydrogen-bond donors (Lipinski definition) is 2. The smallest absolute Gasteiger partial charge is 0.275 e. The van der Waals surface area contributed by atoms with E-state index in [-0.39, 0.29) is 5.91 Å². The van der Waals surface area contributed by atoms with Crippen LogP contribution in [-0.4, -0.2) is 45.8 Å². The standard InChI is InChI=1S/C16H24N6OS/c1-5-9-17-14(23)10-20(4)11-21-16(24)22(19-18-21)15-12(2)7-6-8-13(15)3/h6-8H,5,9-11H2,1-4H3,(H,17,23)/p+1. The van der Waals surface area contributed by atoms with Gasteiger partial charge >= 0.3 is 0 Å².